The number of para-hydroxylation sites is 1. The number of alkyl halides is 1. The van der Waals surface area contributed by atoms with Crippen LogP contribution < -0.4 is 4.90 Å². The second kappa shape index (κ2) is 6.60. The number of halogens is 1. The van der Waals surface area contributed by atoms with E-state index in [0.29, 0.717) is 5.88 Å². The highest BCUT2D eigenvalue weighted by molar-refractivity contribution is 6.18. The minimum atomic E-state index is 0.637. The summed E-state index contributed by atoms with van der Waals surface area (Å²) in [4.78, 5) is 6.98. The van der Waals surface area contributed by atoms with E-state index in [2.05, 4.69) is 36.1 Å². The van der Waals surface area contributed by atoms with E-state index in [1.54, 1.807) is 0 Å². The van der Waals surface area contributed by atoms with Gasteiger partial charge in [-0.05, 0) is 24.6 Å². The smallest absolute Gasteiger partial charge is 0.129 e. The van der Waals surface area contributed by atoms with Crippen LogP contribution in [0.1, 0.15) is 19.8 Å². The van der Waals surface area contributed by atoms with Gasteiger partial charge in [0, 0.05) is 24.4 Å². The highest BCUT2D eigenvalue weighted by atomic mass is 35.5. The van der Waals surface area contributed by atoms with E-state index in [9.17, 15) is 0 Å². The molecule has 0 unspecified atom stereocenters. The number of rotatable bonds is 6. The minimum Gasteiger partial charge on any atom is -0.355 e. The predicted molar refractivity (Wildman–Crippen MR) is 79.6 cm³/mol. The summed E-state index contributed by atoms with van der Waals surface area (Å²) in [6, 6.07) is 12.4. The summed E-state index contributed by atoms with van der Waals surface area (Å²) in [6.07, 6.45) is 2.36. The Kier molecular flexibility index (Phi) is 4.82. The fraction of sp³-hybridized carbons (Fsp3) is 0.400. The van der Waals surface area contributed by atoms with Crippen molar-refractivity contribution in [2.45, 2.75) is 19.8 Å². The largest absolute Gasteiger partial charge is 0.355 e. The molecule has 18 heavy (non-hydrogen) atoms. The van der Waals surface area contributed by atoms with Crippen molar-refractivity contribution in [3.63, 3.8) is 0 Å². The summed E-state index contributed by atoms with van der Waals surface area (Å²) in [5.74, 6) is 1.67. The van der Waals surface area contributed by atoms with Gasteiger partial charge in [-0.25, -0.2) is 4.98 Å². The molecule has 0 amide bonds. The molecule has 0 aliphatic carbocycles. The van der Waals surface area contributed by atoms with E-state index < -0.39 is 0 Å². The van der Waals surface area contributed by atoms with Gasteiger partial charge in [-0.1, -0.05) is 31.5 Å². The van der Waals surface area contributed by atoms with Gasteiger partial charge in [0.15, 0.2) is 0 Å². The molecule has 0 N–H and O–H groups in total. The summed E-state index contributed by atoms with van der Waals surface area (Å²) >= 11 is 5.87. The quantitative estimate of drug-likeness (QED) is 0.730. The van der Waals surface area contributed by atoms with Crippen molar-refractivity contribution in [2.75, 3.05) is 23.9 Å². The maximum Gasteiger partial charge on any atom is 0.129 e. The molecule has 0 aliphatic rings. The molecule has 2 nitrogen and oxygen atoms in total. The van der Waals surface area contributed by atoms with Gasteiger partial charge in [0.1, 0.15) is 5.82 Å². The Morgan fingerprint density at radius 3 is 2.72 bits per heavy atom. The minimum absolute atomic E-state index is 0.637. The number of benzene rings is 1. The molecule has 0 bridgehead atoms. The van der Waals surface area contributed by atoms with E-state index in [1.165, 1.54) is 18.2 Å². The zero-order valence-corrected chi connectivity index (χ0v) is 11.5. The second-order valence-electron chi connectivity index (χ2n) is 4.39. The Morgan fingerprint density at radius 1 is 1.11 bits per heavy atom. The van der Waals surface area contributed by atoms with Crippen molar-refractivity contribution in [1.29, 1.82) is 0 Å². The van der Waals surface area contributed by atoms with Crippen LogP contribution >= 0.6 is 11.6 Å². The molecule has 1 heterocycles. The zero-order valence-electron chi connectivity index (χ0n) is 10.8. The number of anilines is 1. The normalized spacial score (nSPS) is 10.8. The first-order valence-corrected chi connectivity index (χ1v) is 7.05. The Labute approximate surface area is 114 Å². The van der Waals surface area contributed by atoms with Crippen molar-refractivity contribution in [1.82, 2.24) is 4.98 Å². The van der Waals surface area contributed by atoms with Gasteiger partial charge in [-0.2, -0.15) is 0 Å². The SMILES string of the molecule is CCCCN(CCCl)c1ccc2ccccc2n1. The number of nitrogens with zero attached hydrogens (tertiary/aromatic N) is 2. The van der Waals surface area contributed by atoms with Crippen molar-refractivity contribution < 1.29 is 0 Å². The van der Waals surface area contributed by atoms with Crippen molar-refractivity contribution >= 4 is 28.3 Å². The third-order valence-electron chi connectivity index (χ3n) is 3.04. The first kappa shape index (κ1) is 13.2. The maximum absolute atomic E-state index is 5.87. The number of pyridine rings is 1. The van der Waals surface area contributed by atoms with Crippen LogP contribution in [-0.2, 0) is 0 Å². The van der Waals surface area contributed by atoms with Gasteiger partial charge in [0.05, 0.1) is 5.52 Å². The van der Waals surface area contributed by atoms with E-state index in [0.717, 1.165) is 24.4 Å². The summed E-state index contributed by atoms with van der Waals surface area (Å²) in [5.41, 5.74) is 1.05. The number of hydrogen-bond donors (Lipinski definition) is 0. The number of hydrogen-bond acceptors (Lipinski definition) is 2. The molecule has 96 valence electrons. The van der Waals surface area contributed by atoms with Crippen LogP contribution in [0, 0.1) is 0 Å². The lowest BCUT2D eigenvalue weighted by atomic mass is 10.2. The second-order valence-corrected chi connectivity index (χ2v) is 4.77. The van der Waals surface area contributed by atoms with Crippen LogP contribution in [0.15, 0.2) is 36.4 Å². The Bertz CT molecular complexity index is 499. The first-order chi connectivity index (χ1) is 8.85. The van der Waals surface area contributed by atoms with E-state index in [1.807, 2.05) is 12.1 Å². The van der Waals surface area contributed by atoms with Crippen LogP contribution in [0.5, 0.6) is 0 Å². The molecular formula is C15H19ClN2. The topological polar surface area (TPSA) is 16.1 Å². The van der Waals surface area contributed by atoms with Crippen molar-refractivity contribution in [2.24, 2.45) is 0 Å². The third-order valence-corrected chi connectivity index (χ3v) is 3.21. The third kappa shape index (κ3) is 3.14. The van der Waals surface area contributed by atoms with Crippen molar-refractivity contribution in [3.8, 4) is 0 Å². The molecule has 0 saturated heterocycles. The molecule has 0 radical (unpaired) electrons. The van der Waals surface area contributed by atoms with Gasteiger partial charge in [0.25, 0.3) is 0 Å². The lowest BCUT2D eigenvalue weighted by Gasteiger charge is -2.22. The molecule has 0 atom stereocenters. The molecule has 2 aromatic rings. The first-order valence-electron chi connectivity index (χ1n) is 6.52. The fourth-order valence-electron chi connectivity index (χ4n) is 2.02. The fourth-order valence-corrected chi connectivity index (χ4v) is 2.23. The Hall–Kier alpha value is -1.28. The van der Waals surface area contributed by atoms with Crippen LogP contribution in [0.2, 0.25) is 0 Å². The highest BCUT2D eigenvalue weighted by Crippen LogP contribution is 2.18. The predicted octanol–water partition coefficient (Wildman–Crippen LogP) is 4.08. The van der Waals surface area contributed by atoms with Crippen LogP contribution in [-0.4, -0.2) is 24.0 Å². The maximum atomic E-state index is 5.87. The molecule has 0 fully saturated rings. The summed E-state index contributed by atoms with van der Waals surface area (Å²) in [7, 11) is 0. The molecule has 3 heteroatoms. The average molecular weight is 263 g/mol. The number of aromatic nitrogens is 1. The molecule has 1 aromatic carbocycles. The van der Waals surface area contributed by atoms with E-state index in [-0.39, 0.29) is 0 Å². The summed E-state index contributed by atoms with van der Waals surface area (Å²) in [5, 5.41) is 1.18. The molecule has 0 aliphatic heterocycles. The van der Waals surface area contributed by atoms with Gasteiger partial charge in [-0.3, -0.25) is 0 Å². The monoisotopic (exact) mass is 262 g/mol. The molecule has 2 rings (SSSR count). The van der Waals surface area contributed by atoms with Gasteiger partial charge >= 0.3 is 0 Å². The average Bonchev–Trinajstić information content (AvgIpc) is 2.43. The lowest BCUT2D eigenvalue weighted by Crippen LogP contribution is -2.27. The number of fused-ring (bicyclic) bond motifs is 1. The molecule has 0 saturated carbocycles. The molecular weight excluding hydrogens is 244 g/mol. The zero-order chi connectivity index (χ0) is 12.8. The van der Waals surface area contributed by atoms with Gasteiger partial charge in [-0.15, -0.1) is 11.6 Å². The Balaban J connectivity index is 2.25. The van der Waals surface area contributed by atoms with Crippen LogP contribution in [0.3, 0.4) is 0 Å². The van der Waals surface area contributed by atoms with Crippen LogP contribution in [0.25, 0.3) is 10.9 Å². The van der Waals surface area contributed by atoms with E-state index >= 15 is 0 Å². The van der Waals surface area contributed by atoms with Gasteiger partial charge < -0.3 is 4.90 Å². The number of unbranched alkanes of at least 4 members (excludes halogenated alkanes) is 1. The molecule has 1 aromatic heterocycles. The van der Waals surface area contributed by atoms with Crippen molar-refractivity contribution in [3.05, 3.63) is 36.4 Å². The standard InChI is InChI=1S/C15H19ClN2/c1-2-3-11-18(12-10-16)15-9-8-13-6-4-5-7-14(13)17-15/h4-9H,2-3,10-12H2,1H3. The Morgan fingerprint density at radius 2 is 1.94 bits per heavy atom. The lowest BCUT2D eigenvalue weighted by molar-refractivity contribution is 0.727. The van der Waals surface area contributed by atoms with Crippen LogP contribution in [0.4, 0.5) is 5.82 Å². The molecule has 0 spiro atoms. The highest BCUT2D eigenvalue weighted by Gasteiger charge is 2.07. The summed E-state index contributed by atoms with van der Waals surface area (Å²) in [6.45, 7) is 4.08. The summed E-state index contributed by atoms with van der Waals surface area (Å²) < 4.78 is 0. The van der Waals surface area contributed by atoms with E-state index in [4.69, 9.17) is 16.6 Å². The van der Waals surface area contributed by atoms with Gasteiger partial charge in [0.2, 0.25) is 0 Å².